The summed E-state index contributed by atoms with van der Waals surface area (Å²) in [6, 6.07) is 21.3. The highest BCUT2D eigenvalue weighted by atomic mass is 35.5. The van der Waals surface area contributed by atoms with Crippen LogP contribution in [0.3, 0.4) is 0 Å². The Hall–Kier alpha value is -2.53. The molecule has 0 radical (unpaired) electrons. The first kappa shape index (κ1) is 26.1. The van der Waals surface area contributed by atoms with Crippen LogP contribution in [0.15, 0.2) is 72.8 Å². The van der Waals surface area contributed by atoms with E-state index in [2.05, 4.69) is 5.32 Å². The highest BCUT2D eigenvalue weighted by Crippen LogP contribution is 2.25. The first-order chi connectivity index (χ1) is 16.4. The predicted molar refractivity (Wildman–Crippen MR) is 139 cm³/mol. The smallest absolute Gasteiger partial charge is 0.243 e. The van der Waals surface area contributed by atoms with Gasteiger partial charge in [-0.05, 0) is 41.3 Å². The van der Waals surface area contributed by atoms with E-state index in [9.17, 15) is 9.59 Å². The number of rotatable bonds is 10. The van der Waals surface area contributed by atoms with Crippen LogP contribution in [-0.2, 0) is 29.0 Å². The fraction of sp³-hybridized carbons (Fsp3) is 0.259. The van der Waals surface area contributed by atoms with E-state index in [1.54, 1.807) is 29.2 Å². The van der Waals surface area contributed by atoms with Gasteiger partial charge in [-0.1, -0.05) is 96.3 Å². The molecule has 3 aromatic carbocycles. The molecule has 178 valence electrons. The Labute approximate surface area is 215 Å². The number of amides is 2. The third-order valence-electron chi connectivity index (χ3n) is 5.48. The van der Waals surface area contributed by atoms with Gasteiger partial charge in [0.05, 0.1) is 6.42 Å². The third-order valence-corrected chi connectivity index (χ3v) is 6.43. The number of nitrogens with zero attached hydrogens (tertiary/aromatic N) is 1. The van der Waals surface area contributed by atoms with E-state index in [0.29, 0.717) is 33.6 Å². The molecule has 0 saturated heterocycles. The van der Waals surface area contributed by atoms with Crippen LogP contribution < -0.4 is 5.32 Å². The van der Waals surface area contributed by atoms with Crippen LogP contribution in [0.5, 0.6) is 0 Å². The molecular weight excluding hydrogens is 491 g/mol. The van der Waals surface area contributed by atoms with Crippen molar-refractivity contribution in [3.8, 4) is 0 Å². The standard InChI is InChI=1S/C27H27Cl3N2O2/c1-2-14-31-27(34)25(15-19-8-4-3-5-9-19)32(18-21-10-6-7-11-23(21)29)26(33)16-20-12-13-22(28)17-24(20)30/h3-13,17,25H,2,14-16,18H2,1H3,(H,31,34)/t25-/m0/s1. The monoisotopic (exact) mass is 516 g/mol. The minimum Gasteiger partial charge on any atom is -0.354 e. The normalized spacial score (nSPS) is 11.6. The minimum atomic E-state index is -0.719. The molecule has 0 aliphatic heterocycles. The Balaban J connectivity index is 1.98. The van der Waals surface area contributed by atoms with Crippen molar-refractivity contribution in [2.45, 2.75) is 38.8 Å². The van der Waals surface area contributed by atoms with Gasteiger partial charge in [0.2, 0.25) is 11.8 Å². The summed E-state index contributed by atoms with van der Waals surface area (Å²) in [6.45, 7) is 2.71. The first-order valence-electron chi connectivity index (χ1n) is 11.2. The molecule has 7 heteroatoms. The average molecular weight is 518 g/mol. The van der Waals surface area contributed by atoms with Crippen molar-refractivity contribution in [1.82, 2.24) is 10.2 Å². The van der Waals surface area contributed by atoms with Crippen molar-refractivity contribution in [3.05, 3.63) is 105 Å². The number of carbonyl (C=O) groups excluding carboxylic acids is 2. The van der Waals surface area contributed by atoms with Crippen molar-refractivity contribution in [1.29, 1.82) is 0 Å². The van der Waals surface area contributed by atoms with Crippen LogP contribution in [0.2, 0.25) is 15.1 Å². The van der Waals surface area contributed by atoms with Crippen LogP contribution in [0.4, 0.5) is 0 Å². The van der Waals surface area contributed by atoms with E-state index in [1.807, 2.05) is 55.5 Å². The summed E-state index contributed by atoms with van der Waals surface area (Å²) >= 11 is 18.8. The van der Waals surface area contributed by atoms with Gasteiger partial charge in [0.25, 0.3) is 0 Å². The maximum absolute atomic E-state index is 13.7. The van der Waals surface area contributed by atoms with E-state index < -0.39 is 6.04 Å². The molecule has 0 aromatic heterocycles. The van der Waals surface area contributed by atoms with Gasteiger partial charge in [-0.2, -0.15) is 0 Å². The van der Waals surface area contributed by atoms with E-state index >= 15 is 0 Å². The molecule has 3 rings (SSSR count). The van der Waals surface area contributed by atoms with Gasteiger partial charge in [0.1, 0.15) is 6.04 Å². The van der Waals surface area contributed by atoms with Gasteiger partial charge in [-0.15, -0.1) is 0 Å². The number of carbonyl (C=O) groups is 2. The summed E-state index contributed by atoms with van der Waals surface area (Å²) in [7, 11) is 0. The molecule has 0 spiro atoms. The molecule has 0 aliphatic rings. The predicted octanol–water partition coefficient (Wildman–Crippen LogP) is 6.36. The largest absolute Gasteiger partial charge is 0.354 e. The van der Waals surface area contributed by atoms with Crippen molar-refractivity contribution >= 4 is 46.6 Å². The van der Waals surface area contributed by atoms with E-state index in [0.717, 1.165) is 17.5 Å². The van der Waals surface area contributed by atoms with E-state index in [1.165, 1.54) is 0 Å². The summed E-state index contributed by atoms with van der Waals surface area (Å²) in [5.74, 6) is -0.426. The van der Waals surface area contributed by atoms with Crippen LogP contribution in [0, 0.1) is 0 Å². The summed E-state index contributed by atoms with van der Waals surface area (Å²) < 4.78 is 0. The first-order valence-corrected chi connectivity index (χ1v) is 12.3. The lowest BCUT2D eigenvalue weighted by Crippen LogP contribution is -2.51. The second-order valence-corrected chi connectivity index (χ2v) is 9.27. The molecule has 0 aliphatic carbocycles. The lowest BCUT2D eigenvalue weighted by Gasteiger charge is -2.32. The SMILES string of the molecule is CCCNC(=O)[C@H](Cc1ccccc1)N(Cc1ccccc1Cl)C(=O)Cc1ccc(Cl)cc1Cl. The van der Waals surface area contributed by atoms with Gasteiger partial charge in [0, 0.05) is 34.6 Å². The highest BCUT2D eigenvalue weighted by molar-refractivity contribution is 6.35. The molecule has 0 fully saturated rings. The summed E-state index contributed by atoms with van der Waals surface area (Å²) in [5.41, 5.74) is 2.37. The minimum absolute atomic E-state index is 0.0345. The zero-order valence-corrected chi connectivity index (χ0v) is 21.2. The Morgan fingerprint density at radius 1 is 0.882 bits per heavy atom. The van der Waals surface area contributed by atoms with Crippen LogP contribution in [-0.4, -0.2) is 29.3 Å². The van der Waals surface area contributed by atoms with Crippen LogP contribution in [0.1, 0.15) is 30.0 Å². The number of hydrogen-bond acceptors (Lipinski definition) is 2. The molecule has 0 unspecified atom stereocenters. The second-order valence-electron chi connectivity index (χ2n) is 8.02. The van der Waals surface area contributed by atoms with Gasteiger partial charge in [-0.3, -0.25) is 9.59 Å². The molecule has 2 amide bonds. The Morgan fingerprint density at radius 2 is 1.59 bits per heavy atom. The molecule has 0 heterocycles. The molecule has 4 nitrogen and oxygen atoms in total. The summed E-state index contributed by atoms with van der Waals surface area (Å²) in [5, 5.41) is 4.41. The van der Waals surface area contributed by atoms with Crippen molar-refractivity contribution in [3.63, 3.8) is 0 Å². The third kappa shape index (κ3) is 7.23. The molecular formula is C27H27Cl3N2O2. The molecule has 0 bridgehead atoms. The zero-order chi connectivity index (χ0) is 24.5. The fourth-order valence-corrected chi connectivity index (χ4v) is 4.33. The molecule has 0 saturated carbocycles. The summed E-state index contributed by atoms with van der Waals surface area (Å²) in [4.78, 5) is 28.6. The molecule has 34 heavy (non-hydrogen) atoms. The second kappa shape index (κ2) is 12.8. The Morgan fingerprint density at radius 3 is 2.26 bits per heavy atom. The number of halogens is 3. The van der Waals surface area contributed by atoms with Gasteiger partial charge in [0.15, 0.2) is 0 Å². The topological polar surface area (TPSA) is 49.4 Å². The van der Waals surface area contributed by atoms with Gasteiger partial charge in [-0.25, -0.2) is 0 Å². The lowest BCUT2D eigenvalue weighted by molar-refractivity contribution is -0.140. The summed E-state index contributed by atoms with van der Waals surface area (Å²) in [6.07, 6.45) is 1.20. The highest BCUT2D eigenvalue weighted by Gasteiger charge is 2.31. The van der Waals surface area contributed by atoms with E-state index in [4.69, 9.17) is 34.8 Å². The van der Waals surface area contributed by atoms with Gasteiger partial charge < -0.3 is 10.2 Å². The number of hydrogen-bond donors (Lipinski definition) is 1. The maximum atomic E-state index is 13.7. The maximum Gasteiger partial charge on any atom is 0.243 e. The molecule has 3 aromatic rings. The number of benzene rings is 3. The number of nitrogens with one attached hydrogen (secondary N) is 1. The zero-order valence-electron chi connectivity index (χ0n) is 18.9. The average Bonchev–Trinajstić information content (AvgIpc) is 2.83. The van der Waals surface area contributed by atoms with Crippen molar-refractivity contribution in [2.24, 2.45) is 0 Å². The fourth-order valence-electron chi connectivity index (χ4n) is 3.66. The van der Waals surface area contributed by atoms with Crippen molar-refractivity contribution < 1.29 is 9.59 Å². The Kier molecular flexibility index (Phi) is 9.82. The van der Waals surface area contributed by atoms with E-state index in [-0.39, 0.29) is 24.8 Å². The van der Waals surface area contributed by atoms with Crippen molar-refractivity contribution in [2.75, 3.05) is 6.54 Å². The molecule has 1 N–H and O–H groups in total. The van der Waals surface area contributed by atoms with Gasteiger partial charge >= 0.3 is 0 Å². The molecule has 1 atom stereocenters. The quantitative estimate of drug-likeness (QED) is 0.340. The lowest BCUT2D eigenvalue weighted by atomic mass is 10.0. The Bertz CT molecular complexity index is 1120. The van der Waals surface area contributed by atoms with Crippen LogP contribution >= 0.6 is 34.8 Å². The van der Waals surface area contributed by atoms with Crippen LogP contribution in [0.25, 0.3) is 0 Å².